The molecule has 1 aliphatic rings. The fourth-order valence-corrected chi connectivity index (χ4v) is 4.19. The Labute approximate surface area is 145 Å². The third kappa shape index (κ3) is 4.44. The molecule has 132 valence electrons. The van der Waals surface area contributed by atoms with Crippen LogP contribution in [0.4, 0.5) is 11.5 Å². The second-order valence-electron chi connectivity index (χ2n) is 5.73. The molecule has 1 aromatic heterocycles. The number of amides is 1. The molecule has 2 aromatic rings. The van der Waals surface area contributed by atoms with Gasteiger partial charge >= 0.3 is 0 Å². The number of carbonyl (C=O) groups is 1. The van der Waals surface area contributed by atoms with Crippen molar-refractivity contribution in [2.45, 2.75) is 12.5 Å². The van der Waals surface area contributed by atoms with Gasteiger partial charge < -0.3 is 15.4 Å². The van der Waals surface area contributed by atoms with Crippen molar-refractivity contribution in [1.29, 1.82) is 0 Å². The first-order valence-corrected chi connectivity index (χ1v) is 9.53. The lowest BCUT2D eigenvalue weighted by molar-refractivity contribution is 0.102. The van der Waals surface area contributed by atoms with Crippen LogP contribution in [0.3, 0.4) is 0 Å². The molecule has 1 amide bonds. The van der Waals surface area contributed by atoms with E-state index in [9.17, 15) is 13.2 Å². The minimum Gasteiger partial charge on any atom is -0.497 e. The third-order valence-electron chi connectivity index (χ3n) is 3.83. The molecule has 0 radical (unpaired) electrons. The molecule has 25 heavy (non-hydrogen) atoms. The number of rotatable bonds is 5. The number of hydrogen-bond acceptors (Lipinski definition) is 7. The molecule has 1 fully saturated rings. The van der Waals surface area contributed by atoms with E-state index in [4.69, 9.17) is 4.74 Å². The zero-order valence-electron chi connectivity index (χ0n) is 13.6. The molecule has 1 aromatic carbocycles. The van der Waals surface area contributed by atoms with Crippen molar-refractivity contribution in [3.8, 4) is 5.75 Å². The van der Waals surface area contributed by atoms with Gasteiger partial charge in [0.25, 0.3) is 5.91 Å². The summed E-state index contributed by atoms with van der Waals surface area (Å²) < 4.78 is 28.0. The molecule has 2 heterocycles. The lowest BCUT2D eigenvalue weighted by Crippen LogP contribution is -2.22. The van der Waals surface area contributed by atoms with Gasteiger partial charge in [-0.3, -0.25) is 4.79 Å². The molecule has 2 N–H and O–H groups in total. The summed E-state index contributed by atoms with van der Waals surface area (Å²) in [6.45, 7) is 0. The second-order valence-corrected chi connectivity index (χ2v) is 7.96. The van der Waals surface area contributed by atoms with Crippen LogP contribution >= 0.6 is 0 Å². The lowest BCUT2D eigenvalue weighted by atomic mass is 10.2. The molecule has 1 aliphatic heterocycles. The Morgan fingerprint density at radius 2 is 1.92 bits per heavy atom. The summed E-state index contributed by atoms with van der Waals surface area (Å²) in [5.41, 5.74) is 0.784. The Morgan fingerprint density at radius 1 is 1.16 bits per heavy atom. The van der Waals surface area contributed by atoms with Crippen molar-refractivity contribution in [1.82, 2.24) is 10.2 Å². The van der Waals surface area contributed by atoms with Gasteiger partial charge in [0.1, 0.15) is 11.6 Å². The molecule has 1 atom stereocenters. The lowest BCUT2D eigenvalue weighted by Gasteiger charge is -2.11. The first-order valence-electron chi connectivity index (χ1n) is 7.71. The van der Waals surface area contributed by atoms with Crippen LogP contribution in [0, 0.1) is 0 Å². The van der Waals surface area contributed by atoms with Crippen molar-refractivity contribution in [3.63, 3.8) is 0 Å². The highest BCUT2D eigenvalue weighted by atomic mass is 32.2. The van der Waals surface area contributed by atoms with E-state index in [1.807, 2.05) is 0 Å². The molecule has 0 aliphatic carbocycles. The molecule has 1 saturated heterocycles. The van der Waals surface area contributed by atoms with Gasteiger partial charge in [-0.05, 0) is 42.8 Å². The van der Waals surface area contributed by atoms with Crippen molar-refractivity contribution in [2.75, 3.05) is 29.2 Å². The van der Waals surface area contributed by atoms with Gasteiger partial charge in [-0.2, -0.15) is 0 Å². The van der Waals surface area contributed by atoms with E-state index in [-0.39, 0.29) is 29.1 Å². The van der Waals surface area contributed by atoms with Crippen LogP contribution in [0.25, 0.3) is 0 Å². The maximum atomic E-state index is 12.2. The average Bonchev–Trinajstić information content (AvgIpc) is 2.94. The number of anilines is 2. The van der Waals surface area contributed by atoms with Crippen LogP contribution in [0.1, 0.15) is 16.9 Å². The average molecular weight is 362 g/mol. The number of nitrogens with one attached hydrogen (secondary N) is 2. The van der Waals surface area contributed by atoms with Gasteiger partial charge in [0.05, 0.1) is 18.6 Å². The van der Waals surface area contributed by atoms with E-state index in [1.165, 1.54) is 6.07 Å². The fraction of sp³-hybridized carbons (Fsp3) is 0.312. The minimum absolute atomic E-state index is 0.0917. The number of ether oxygens (including phenoxy) is 1. The topological polar surface area (TPSA) is 110 Å². The van der Waals surface area contributed by atoms with Gasteiger partial charge in [0, 0.05) is 11.7 Å². The zero-order valence-corrected chi connectivity index (χ0v) is 14.4. The predicted octanol–water partition coefficient (Wildman–Crippen LogP) is 1.34. The van der Waals surface area contributed by atoms with E-state index in [0.717, 1.165) is 0 Å². The minimum atomic E-state index is -2.96. The molecular formula is C16H18N4O4S. The number of aromatic nitrogens is 2. The van der Waals surface area contributed by atoms with Crippen LogP contribution in [0.5, 0.6) is 5.75 Å². The van der Waals surface area contributed by atoms with Crippen molar-refractivity contribution >= 4 is 27.2 Å². The zero-order chi connectivity index (χ0) is 17.9. The Kier molecular flexibility index (Phi) is 4.84. The highest BCUT2D eigenvalue weighted by Gasteiger charge is 2.28. The van der Waals surface area contributed by atoms with Crippen molar-refractivity contribution in [3.05, 3.63) is 42.1 Å². The Hall–Kier alpha value is -2.68. The first kappa shape index (κ1) is 17.2. The van der Waals surface area contributed by atoms with Crippen LogP contribution in [0.2, 0.25) is 0 Å². The SMILES string of the molecule is COc1ccc(NC(=O)c2ccc(NC3CCS(=O)(=O)C3)nn2)cc1. The summed E-state index contributed by atoms with van der Waals surface area (Å²) >= 11 is 0. The van der Waals surface area contributed by atoms with E-state index in [2.05, 4.69) is 20.8 Å². The molecule has 8 nitrogen and oxygen atoms in total. The van der Waals surface area contributed by atoms with Gasteiger partial charge in [-0.1, -0.05) is 0 Å². The van der Waals surface area contributed by atoms with E-state index in [1.54, 1.807) is 37.4 Å². The molecule has 0 bridgehead atoms. The summed E-state index contributed by atoms with van der Waals surface area (Å²) in [6, 6.07) is 9.91. The van der Waals surface area contributed by atoms with E-state index in [0.29, 0.717) is 23.7 Å². The quantitative estimate of drug-likeness (QED) is 0.826. The largest absolute Gasteiger partial charge is 0.497 e. The van der Waals surface area contributed by atoms with Crippen LogP contribution in [-0.4, -0.2) is 49.2 Å². The highest BCUT2D eigenvalue weighted by Crippen LogP contribution is 2.17. The third-order valence-corrected chi connectivity index (χ3v) is 5.60. The van der Waals surface area contributed by atoms with Crippen molar-refractivity contribution in [2.24, 2.45) is 0 Å². The van der Waals surface area contributed by atoms with Gasteiger partial charge in [0.2, 0.25) is 0 Å². The molecule has 1 unspecified atom stereocenters. The van der Waals surface area contributed by atoms with Gasteiger partial charge in [0.15, 0.2) is 15.5 Å². The fourth-order valence-electron chi connectivity index (χ4n) is 2.52. The molecule has 3 rings (SSSR count). The Balaban J connectivity index is 1.60. The van der Waals surface area contributed by atoms with Gasteiger partial charge in [-0.25, -0.2) is 8.42 Å². The number of methoxy groups -OCH3 is 1. The summed E-state index contributed by atoms with van der Waals surface area (Å²) in [5.74, 6) is 1.03. The van der Waals surface area contributed by atoms with Crippen LogP contribution < -0.4 is 15.4 Å². The first-order chi connectivity index (χ1) is 11.9. The van der Waals surface area contributed by atoms with E-state index >= 15 is 0 Å². The predicted molar refractivity (Wildman–Crippen MR) is 93.7 cm³/mol. The molecule has 9 heteroatoms. The standard InChI is InChI=1S/C16H18N4O4S/c1-24-13-4-2-11(3-5-13)18-16(21)14-6-7-15(20-19-14)17-12-8-9-25(22,23)10-12/h2-7,12H,8-10H2,1H3,(H,17,20)(H,18,21). The van der Waals surface area contributed by atoms with Crippen LogP contribution in [-0.2, 0) is 9.84 Å². The van der Waals surface area contributed by atoms with Gasteiger partial charge in [-0.15, -0.1) is 10.2 Å². The Bertz CT molecular complexity index is 851. The normalized spacial score (nSPS) is 18.5. The molecular weight excluding hydrogens is 344 g/mol. The summed E-state index contributed by atoms with van der Waals surface area (Å²) in [5, 5.41) is 13.6. The number of benzene rings is 1. The monoisotopic (exact) mass is 362 g/mol. The van der Waals surface area contributed by atoms with E-state index < -0.39 is 9.84 Å². The molecule has 0 spiro atoms. The van der Waals surface area contributed by atoms with Crippen molar-refractivity contribution < 1.29 is 17.9 Å². The number of carbonyl (C=O) groups excluding carboxylic acids is 1. The smallest absolute Gasteiger partial charge is 0.276 e. The number of sulfone groups is 1. The summed E-state index contributed by atoms with van der Waals surface area (Å²) in [7, 11) is -1.39. The Morgan fingerprint density at radius 3 is 2.48 bits per heavy atom. The number of nitrogens with zero attached hydrogens (tertiary/aromatic N) is 2. The number of hydrogen-bond donors (Lipinski definition) is 2. The highest BCUT2D eigenvalue weighted by molar-refractivity contribution is 7.91. The maximum absolute atomic E-state index is 12.2. The summed E-state index contributed by atoms with van der Waals surface area (Å²) in [6.07, 6.45) is 0.545. The second kappa shape index (κ2) is 7.06. The maximum Gasteiger partial charge on any atom is 0.276 e. The molecule has 0 saturated carbocycles. The summed E-state index contributed by atoms with van der Waals surface area (Å²) in [4.78, 5) is 12.2. The van der Waals surface area contributed by atoms with Crippen LogP contribution in [0.15, 0.2) is 36.4 Å².